The quantitative estimate of drug-likeness (QED) is 0.208. The third kappa shape index (κ3) is 3.91. The van der Waals surface area contributed by atoms with Crippen LogP contribution in [0.1, 0.15) is 22.5 Å². The van der Waals surface area contributed by atoms with Crippen molar-refractivity contribution in [2.75, 3.05) is 0 Å². The first-order valence-electron chi connectivity index (χ1n) is 13.4. The van der Waals surface area contributed by atoms with Crippen LogP contribution in [0.5, 0.6) is 0 Å². The van der Waals surface area contributed by atoms with Gasteiger partial charge in [-0.3, -0.25) is 0 Å². The molecule has 0 aliphatic carbocycles. The lowest BCUT2D eigenvalue weighted by Gasteiger charge is -2.08. The standard InChI is InChI=1S/C37H27N3/c1-4-21-40-36-19-15-28(24(2)32-17-13-26-9-5-7-11-34(26)38-32)22-30(36)31-23-29(16-20-37(31)40)25(3)33-18-14-27-10-6-8-12-35(27)39-33/h4-20,22-23H,1-3,21H2. The molecule has 0 amide bonds. The van der Waals surface area contributed by atoms with Gasteiger partial charge in [0.15, 0.2) is 0 Å². The van der Waals surface area contributed by atoms with E-state index in [4.69, 9.17) is 9.97 Å². The van der Waals surface area contributed by atoms with Crippen molar-refractivity contribution in [3.63, 3.8) is 0 Å². The minimum absolute atomic E-state index is 0.721. The number of hydrogen-bond donors (Lipinski definition) is 0. The lowest BCUT2D eigenvalue weighted by atomic mass is 9.98. The summed E-state index contributed by atoms with van der Waals surface area (Å²) < 4.78 is 2.30. The third-order valence-corrected chi connectivity index (χ3v) is 7.69. The fourth-order valence-corrected chi connectivity index (χ4v) is 5.57. The van der Waals surface area contributed by atoms with Crippen LogP contribution < -0.4 is 0 Å². The molecule has 0 saturated heterocycles. The Morgan fingerprint density at radius 1 is 0.600 bits per heavy atom. The van der Waals surface area contributed by atoms with Crippen molar-refractivity contribution < 1.29 is 0 Å². The predicted octanol–water partition coefficient (Wildman–Crippen LogP) is 9.20. The number of benzene rings is 4. The number of allylic oxidation sites excluding steroid dienone is 1. The van der Waals surface area contributed by atoms with E-state index >= 15 is 0 Å². The highest BCUT2D eigenvalue weighted by Gasteiger charge is 2.15. The smallest absolute Gasteiger partial charge is 0.0709 e. The van der Waals surface area contributed by atoms with Crippen molar-refractivity contribution in [1.82, 2.24) is 14.5 Å². The Balaban J connectivity index is 1.35. The van der Waals surface area contributed by atoms with Crippen LogP contribution in [0.3, 0.4) is 0 Å². The van der Waals surface area contributed by atoms with Gasteiger partial charge in [0.1, 0.15) is 0 Å². The second-order valence-corrected chi connectivity index (χ2v) is 10.1. The monoisotopic (exact) mass is 513 g/mol. The van der Waals surface area contributed by atoms with Gasteiger partial charge in [-0.05, 0) is 59.7 Å². The van der Waals surface area contributed by atoms with Gasteiger partial charge >= 0.3 is 0 Å². The summed E-state index contributed by atoms with van der Waals surface area (Å²) in [5, 5.41) is 4.57. The van der Waals surface area contributed by atoms with Crippen molar-refractivity contribution in [1.29, 1.82) is 0 Å². The molecule has 0 unspecified atom stereocenters. The normalized spacial score (nSPS) is 11.4. The molecule has 0 saturated carbocycles. The number of rotatable bonds is 6. The summed E-state index contributed by atoms with van der Waals surface area (Å²) in [5.74, 6) is 0. The number of nitrogens with zero attached hydrogens (tertiary/aromatic N) is 3. The molecule has 7 aromatic rings. The van der Waals surface area contributed by atoms with Gasteiger partial charge in [0, 0.05) is 50.3 Å². The van der Waals surface area contributed by atoms with Crippen LogP contribution >= 0.6 is 0 Å². The van der Waals surface area contributed by atoms with E-state index in [-0.39, 0.29) is 0 Å². The molecular formula is C37H27N3. The molecule has 0 spiro atoms. The number of para-hydroxylation sites is 2. The maximum Gasteiger partial charge on any atom is 0.0709 e. The van der Waals surface area contributed by atoms with E-state index in [1.54, 1.807) is 0 Å². The minimum Gasteiger partial charge on any atom is -0.337 e. The second kappa shape index (κ2) is 9.48. The van der Waals surface area contributed by atoms with E-state index in [2.05, 4.69) is 97.1 Å². The molecule has 3 nitrogen and oxygen atoms in total. The lowest BCUT2D eigenvalue weighted by molar-refractivity contribution is 0.901. The van der Waals surface area contributed by atoms with Crippen molar-refractivity contribution in [3.8, 4) is 0 Å². The zero-order chi connectivity index (χ0) is 27.2. The molecule has 4 aromatic carbocycles. The second-order valence-electron chi connectivity index (χ2n) is 10.1. The fourth-order valence-electron chi connectivity index (χ4n) is 5.57. The largest absolute Gasteiger partial charge is 0.337 e. The van der Waals surface area contributed by atoms with Crippen molar-refractivity contribution in [2.45, 2.75) is 6.54 Å². The first-order chi connectivity index (χ1) is 19.6. The maximum absolute atomic E-state index is 4.88. The Bertz CT molecular complexity index is 2000. The third-order valence-electron chi connectivity index (χ3n) is 7.69. The highest BCUT2D eigenvalue weighted by atomic mass is 15.0. The van der Waals surface area contributed by atoms with Gasteiger partial charge in [-0.15, -0.1) is 6.58 Å². The predicted molar refractivity (Wildman–Crippen MR) is 169 cm³/mol. The summed E-state index contributed by atoms with van der Waals surface area (Å²) in [7, 11) is 0. The van der Waals surface area contributed by atoms with Gasteiger partial charge in [0.2, 0.25) is 0 Å². The van der Waals surface area contributed by atoms with Crippen LogP contribution in [0.15, 0.2) is 135 Å². The van der Waals surface area contributed by atoms with Crippen LogP contribution in [0, 0.1) is 0 Å². The molecule has 0 atom stereocenters. The Kier molecular flexibility index (Phi) is 5.64. The SMILES string of the molecule is C=CCn1c2ccc(C(=C)c3ccc4ccccc4n3)cc2c2cc(C(=C)c3ccc4ccccc4n3)ccc21. The summed E-state index contributed by atoms with van der Waals surface area (Å²) in [6.07, 6.45) is 1.94. The molecule has 0 N–H and O–H groups in total. The average molecular weight is 514 g/mol. The summed E-state index contributed by atoms with van der Waals surface area (Å²) in [4.78, 5) is 9.77. The Morgan fingerprint density at radius 2 is 1.07 bits per heavy atom. The molecular weight excluding hydrogens is 486 g/mol. The van der Waals surface area contributed by atoms with Gasteiger partial charge in [0.25, 0.3) is 0 Å². The first kappa shape index (κ1) is 23.8. The molecule has 3 heteroatoms. The maximum atomic E-state index is 4.88. The lowest BCUT2D eigenvalue weighted by Crippen LogP contribution is -1.95. The van der Waals surface area contributed by atoms with Crippen LogP contribution in [0.2, 0.25) is 0 Å². The van der Waals surface area contributed by atoms with Gasteiger partial charge in [-0.2, -0.15) is 0 Å². The Morgan fingerprint density at radius 3 is 1.55 bits per heavy atom. The highest BCUT2D eigenvalue weighted by molar-refractivity contribution is 6.10. The van der Waals surface area contributed by atoms with E-state index < -0.39 is 0 Å². The average Bonchev–Trinajstić information content (AvgIpc) is 3.32. The summed E-state index contributed by atoms with van der Waals surface area (Å²) in [5.41, 5.74) is 9.91. The molecule has 0 aliphatic rings. The minimum atomic E-state index is 0.721. The van der Waals surface area contributed by atoms with Gasteiger partial charge in [-0.25, -0.2) is 9.97 Å². The fraction of sp³-hybridized carbons (Fsp3) is 0.0270. The molecule has 3 aromatic heterocycles. The van der Waals surface area contributed by atoms with E-state index in [0.29, 0.717) is 0 Å². The van der Waals surface area contributed by atoms with Gasteiger partial charge in [-0.1, -0.05) is 79.9 Å². The van der Waals surface area contributed by atoms with Crippen molar-refractivity contribution in [3.05, 3.63) is 158 Å². The molecule has 0 fully saturated rings. The highest BCUT2D eigenvalue weighted by Crippen LogP contribution is 2.35. The first-order valence-corrected chi connectivity index (χ1v) is 13.4. The molecule has 40 heavy (non-hydrogen) atoms. The molecule has 0 aliphatic heterocycles. The van der Waals surface area contributed by atoms with Crippen LogP contribution in [-0.4, -0.2) is 14.5 Å². The van der Waals surface area contributed by atoms with Gasteiger partial charge < -0.3 is 4.57 Å². The van der Waals surface area contributed by atoms with Crippen molar-refractivity contribution >= 4 is 54.8 Å². The summed E-state index contributed by atoms with van der Waals surface area (Å²) >= 11 is 0. The van der Waals surface area contributed by atoms with Crippen LogP contribution in [0.25, 0.3) is 54.8 Å². The van der Waals surface area contributed by atoms with E-state index in [1.807, 2.05) is 42.5 Å². The molecule has 0 bridgehead atoms. The van der Waals surface area contributed by atoms with Crippen molar-refractivity contribution in [2.24, 2.45) is 0 Å². The summed E-state index contributed by atoms with van der Waals surface area (Å²) in [6.45, 7) is 13.6. The summed E-state index contributed by atoms with van der Waals surface area (Å²) in [6, 6.07) is 37.7. The molecule has 3 heterocycles. The Labute approximate surface area is 233 Å². The van der Waals surface area contributed by atoms with E-state index in [0.717, 1.165) is 83.8 Å². The zero-order valence-electron chi connectivity index (χ0n) is 22.1. The van der Waals surface area contributed by atoms with Gasteiger partial charge in [0.05, 0.1) is 22.4 Å². The molecule has 190 valence electrons. The van der Waals surface area contributed by atoms with E-state index in [9.17, 15) is 0 Å². The number of pyridine rings is 2. The molecule has 0 radical (unpaired) electrons. The topological polar surface area (TPSA) is 30.7 Å². The number of fused-ring (bicyclic) bond motifs is 5. The molecule has 7 rings (SSSR count). The number of hydrogen-bond acceptors (Lipinski definition) is 2. The Hall–Kier alpha value is -5.28. The zero-order valence-corrected chi connectivity index (χ0v) is 22.1. The number of aromatic nitrogens is 3. The van der Waals surface area contributed by atoms with Crippen LogP contribution in [0.4, 0.5) is 0 Å². The van der Waals surface area contributed by atoms with Crippen LogP contribution in [-0.2, 0) is 6.54 Å². The van der Waals surface area contributed by atoms with E-state index in [1.165, 1.54) is 0 Å².